The second kappa shape index (κ2) is 32.0. The molecule has 0 saturated heterocycles. The van der Waals surface area contributed by atoms with Crippen molar-refractivity contribution < 1.29 is 8.83 Å². The van der Waals surface area contributed by atoms with Crippen LogP contribution in [0.2, 0.25) is 0 Å². The van der Waals surface area contributed by atoms with Crippen molar-refractivity contribution in [1.29, 1.82) is 0 Å². The van der Waals surface area contributed by atoms with Crippen LogP contribution in [0.1, 0.15) is 0 Å². The molecule has 27 aromatic rings. The lowest BCUT2D eigenvalue weighted by Gasteiger charge is -2.26. The number of hydrogen-bond acceptors (Lipinski definition) is 4. The van der Waals surface area contributed by atoms with Crippen molar-refractivity contribution in [2.75, 3.05) is 9.80 Å². The molecule has 628 valence electrons. The zero-order chi connectivity index (χ0) is 88.3. The van der Waals surface area contributed by atoms with Crippen molar-refractivity contribution >= 4 is 165 Å². The van der Waals surface area contributed by atoms with E-state index in [-0.39, 0.29) is 0 Å². The average molecular weight is 1710 g/mol. The molecule has 0 fully saturated rings. The lowest BCUT2D eigenvalue weighted by atomic mass is 9.99. The molecule has 134 heavy (non-hydrogen) atoms. The van der Waals surface area contributed by atoms with E-state index in [9.17, 15) is 0 Å². The lowest BCUT2D eigenvalue weighted by Crippen LogP contribution is -2.09. The van der Waals surface area contributed by atoms with Crippen LogP contribution in [0.15, 0.2) is 506 Å². The first kappa shape index (κ1) is 77.2. The molecule has 6 aromatic heterocycles. The second-order valence-electron chi connectivity index (χ2n) is 34.7. The molecule has 0 aliphatic carbocycles. The van der Waals surface area contributed by atoms with Gasteiger partial charge < -0.3 is 36.9 Å². The molecule has 0 N–H and O–H groups in total. The fraction of sp³-hybridized carbons (Fsp3) is 0. The van der Waals surface area contributed by atoms with E-state index < -0.39 is 0 Å². The largest absolute Gasteiger partial charge is 0.456 e. The monoisotopic (exact) mass is 1710 g/mol. The van der Waals surface area contributed by atoms with Crippen molar-refractivity contribution in [3.05, 3.63) is 497 Å². The number of para-hydroxylation sites is 10. The molecule has 8 nitrogen and oxygen atoms in total. The van der Waals surface area contributed by atoms with Gasteiger partial charge in [0.25, 0.3) is 0 Å². The Morgan fingerprint density at radius 2 is 0.343 bits per heavy atom. The summed E-state index contributed by atoms with van der Waals surface area (Å²) in [5, 5.41) is 14.4. The highest BCUT2D eigenvalue weighted by Gasteiger charge is 2.24. The molecule has 6 heterocycles. The standard InChI is InChI=1S/C66H43N3O.C60H39N3O/c1-3-13-50(14-4-1)68-62-21-11-8-18-56(62)59-41-48(32-39-63(59)68)47-29-35-53(36-30-47)67(54-37-40-66-60(43-54)58-19-9-12-22-65(58)70-66)52-33-27-45(28-34-52)44-23-25-46(26-24-44)49-31-38-57-55-17-7-10-20-61(55)69(64(57)42-49)51-15-5-2-6-16-51;1-3-13-44(14-4-1)62-56-21-11-8-18-50(56)53-37-42(28-35-57(53)62)40-23-29-46(30-24-40)61(48-33-36-60-54(39-48)52-19-9-12-22-59(52)64-60)47-31-25-41(26-32-47)43-27-34-51-49-17-7-10-20-55(49)63(58(51)38-43)45-15-5-2-6-16-45/h1-43H;1-39H. The van der Waals surface area contributed by atoms with E-state index in [1.165, 1.54) is 121 Å². The van der Waals surface area contributed by atoms with Gasteiger partial charge in [0.15, 0.2) is 0 Å². The maximum absolute atomic E-state index is 6.28. The first-order chi connectivity index (χ1) is 66.4. The summed E-state index contributed by atoms with van der Waals surface area (Å²) < 4.78 is 22.0. The molecule has 0 aliphatic heterocycles. The van der Waals surface area contributed by atoms with Gasteiger partial charge in [0.05, 0.1) is 44.1 Å². The third kappa shape index (κ3) is 13.2. The van der Waals surface area contributed by atoms with Gasteiger partial charge in [0.2, 0.25) is 0 Å². The third-order valence-electron chi connectivity index (χ3n) is 27.0. The number of anilines is 6. The normalized spacial score (nSPS) is 11.7. The SMILES string of the molecule is c1ccc(-n2c3ccccc3c3cc(-c4ccc(N(c5ccc(-c6ccc(-c7ccc8c9ccccc9n(-c9ccccc9)c8c7)cc6)cc5)c5ccc6oc7ccccc7c6c5)cc4)ccc32)cc1.c1ccc(-n2c3ccccc3c3cc(-c4ccc(N(c5ccc(-c6ccc7c8ccccc8n(-c8ccccc8)c7c6)cc5)c5ccc6oc7ccccc7c6c5)cc4)ccc32)cc1. The smallest absolute Gasteiger partial charge is 0.135 e. The summed E-state index contributed by atoms with van der Waals surface area (Å²) >= 11 is 0. The fourth-order valence-corrected chi connectivity index (χ4v) is 20.7. The predicted octanol–water partition coefficient (Wildman–Crippen LogP) is 34.8. The summed E-state index contributed by atoms with van der Waals surface area (Å²) in [6.45, 7) is 0. The Hall–Kier alpha value is -18.0. The van der Waals surface area contributed by atoms with E-state index in [0.717, 1.165) is 123 Å². The molecule has 0 atom stereocenters. The minimum atomic E-state index is 0.876. The summed E-state index contributed by atoms with van der Waals surface area (Å²) in [7, 11) is 0. The highest BCUT2D eigenvalue weighted by molar-refractivity contribution is 6.15. The maximum atomic E-state index is 6.28. The Kier molecular flexibility index (Phi) is 18.5. The predicted molar refractivity (Wildman–Crippen MR) is 561 cm³/mol. The van der Waals surface area contributed by atoms with Crippen LogP contribution < -0.4 is 9.80 Å². The summed E-state index contributed by atoms with van der Waals surface area (Å²) in [5.41, 5.74) is 35.9. The fourth-order valence-electron chi connectivity index (χ4n) is 20.7. The van der Waals surface area contributed by atoms with E-state index in [1.54, 1.807) is 0 Å². The number of benzene rings is 21. The third-order valence-corrected chi connectivity index (χ3v) is 27.0. The van der Waals surface area contributed by atoms with Gasteiger partial charge >= 0.3 is 0 Å². The molecule has 0 radical (unpaired) electrons. The van der Waals surface area contributed by atoms with E-state index in [4.69, 9.17) is 8.83 Å². The topological polar surface area (TPSA) is 52.5 Å². The number of aromatic nitrogens is 4. The Bertz CT molecular complexity index is 9210. The van der Waals surface area contributed by atoms with E-state index in [0.29, 0.717) is 0 Å². The zero-order valence-corrected chi connectivity index (χ0v) is 72.8. The highest BCUT2D eigenvalue weighted by atomic mass is 16.3. The van der Waals surface area contributed by atoms with E-state index in [2.05, 4.69) is 501 Å². The van der Waals surface area contributed by atoms with Crippen molar-refractivity contribution in [3.8, 4) is 78.4 Å². The van der Waals surface area contributed by atoms with Crippen LogP contribution in [0.25, 0.3) is 209 Å². The van der Waals surface area contributed by atoms with Crippen molar-refractivity contribution in [2.24, 2.45) is 0 Å². The van der Waals surface area contributed by atoms with Crippen molar-refractivity contribution in [2.45, 2.75) is 0 Å². The molecular formula is C126H82N6O2. The van der Waals surface area contributed by atoms with Gasteiger partial charge in [-0.3, -0.25) is 0 Å². The Labute approximate surface area is 772 Å². The Morgan fingerprint density at radius 1 is 0.127 bits per heavy atom. The molecular weight excluding hydrogens is 1630 g/mol. The second-order valence-corrected chi connectivity index (χ2v) is 34.7. The van der Waals surface area contributed by atoms with Crippen LogP contribution in [0.3, 0.4) is 0 Å². The van der Waals surface area contributed by atoms with Crippen LogP contribution in [-0.4, -0.2) is 18.3 Å². The minimum absolute atomic E-state index is 0.876. The van der Waals surface area contributed by atoms with E-state index >= 15 is 0 Å². The average Bonchev–Trinajstić information content (AvgIpc) is 1.60. The van der Waals surface area contributed by atoms with Crippen LogP contribution in [0.4, 0.5) is 34.1 Å². The number of fused-ring (bicyclic) bond motifs is 18. The van der Waals surface area contributed by atoms with Gasteiger partial charge in [-0.15, -0.1) is 0 Å². The van der Waals surface area contributed by atoms with Gasteiger partial charge in [-0.2, -0.15) is 0 Å². The number of rotatable bonds is 15. The molecule has 27 rings (SSSR count). The molecule has 0 aliphatic rings. The van der Waals surface area contributed by atoms with Gasteiger partial charge in [0.1, 0.15) is 22.3 Å². The van der Waals surface area contributed by atoms with Gasteiger partial charge in [-0.05, 0) is 262 Å². The molecule has 0 bridgehead atoms. The molecule has 0 spiro atoms. The maximum Gasteiger partial charge on any atom is 0.135 e. The van der Waals surface area contributed by atoms with Crippen LogP contribution in [0.5, 0.6) is 0 Å². The Morgan fingerprint density at radius 3 is 0.672 bits per heavy atom. The van der Waals surface area contributed by atoms with Crippen LogP contribution in [-0.2, 0) is 0 Å². The zero-order valence-electron chi connectivity index (χ0n) is 72.8. The van der Waals surface area contributed by atoms with Crippen molar-refractivity contribution in [1.82, 2.24) is 18.3 Å². The first-order valence-corrected chi connectivity index (χ1v) is 45.7. The molecule has 21 aromatic carbocycles. The minimum Gasteiger partial charge on any atom is -0.456 e. The quantitative estimate of drug-likeness (QED) is 0.103. The van der Waals surface area contributed by atoms with Gasteiger partial charge in [-0.25, -0.2) is 0 Å². The van der Waals surface area contributed by atoms with E-state index in [1.807, 2.05) is 24.3 Å². The lowest BCUT2D eigenvalue weighted by molar-refractivity contribution is 0.668. The molecule has 0 amide bonds. The molecule has 8 heteroatoms. The van der Waals surface area contributed by atoms with Crippen LogP contribution in [0, 0.1) is 0 Å². The van der Waals surface area contributed by atoms with Crippen molar-refractivity contribution in [3.63, 3.8) is 0 Å². The van der Waals surface area contributed by atoms with Gasteiger partial charge in [0, 0.05) is 122 Å². The first-order valence-electron chi connectivity index (χ1n) is 45.7. The number of hydrogen-bond donors (Lipinski definition) is 0. The summed E-state index contributed by atoms with van der Waals surface area (Å²) in [5.74, 6) is 0. The van der Waals surface area contributed by atoms with Gasteiger partial charge in [-0.1, -0.05) is 291 Å². The molecule has 0 unspecified atom stereocenters. The Balaban J connectivity index is 0.000000140. The summed E-state index contributed by atoms with van der Waals surface area (Å²) in [6.07, 6.45) is 0. The van der Waals surface area contributed by atoms with Crippen LogP contribution >= 0.6 is 0 Å². The highest BCUT2D eigenvalue weighted by Crippen LogP contribution is 2.47. The number of nitrogens with zero attached hydrogens (tertiary/aromatic N) is 6. The summed E-state index contributed by atoms with van der Waals surface area (Å²) in [4.78, 5) is 4.70. The number of furan rings is 2. The summed E-state index contributed by atoms with van der Waals surface area (Å²) in [6, 6.07) is 179. The molecule has 0 saturated carbocycles.